The van der Waals surface area contributed by atoms with Gasteiger partial charge >= 0.3 is 6.18 Å². The lowest BCUT2D eigenvalue weighted by Crippen LogP contribution is -2.12. The van der Waals surface area contributed by atoms with Crippen LogP contribution >= 0.6 is 15.9 Å². The van der Waals surface area contributed by atoms with Gasteiger partial charge in [0.15, 0.2) is 0 Å². The van der Waals surface area contributed by atoms with Gasteiger partial charge in [0.1, 0.15) is 5.82 Å². The van der Waals surface area contributed by atoms with Crippen molar-refractivity contribution >= 4 is 21.6 Å². The number of aromatic nitrogens is 2. The number of halogens is 4. The highest BCUT2D eigenvalue weighted by atomic mass is 79.9. The largest absolute Gasteiger partial charge is 0.416 e. The summed E-state index contributed by atoms with van der Waals surface area (Å²) in [5.41, 5.74) is -0.236. The van der Waals surface area contributed by atoms with Crippen molar-refractivity contribution in [2.75, 3.05) is 11.9 Å². The van der Waals surface area contributed by atoms with E-state index < -0.39 is 11.7 Å². The smallest absolute Gasteiger partial charge is 0.382 e. The fourth-order valence-corrected chi connectivity index (χ4v) is 2.17. The maximum Gasteiger partial charge on any atom is 0.416 e. The van der Waals surface area contributed by atoms with Crippen LogP contribution in [0.25, 0.3) is 0 Å². The second-order valence-corrected chi connectivity index (χ2v) is 5.14. The van der Waals surface area contributed by atoms with Crippen molar-refractivity contribution < 1.29 is 13.2 Å². The summed E-state index contributed by atoms with van der Waals surface area (Å²) < 4.78 is 40.5. The zero-order valence-corrected chi connectivity index (χ0v) is 12.3. The van der Waals surface area contributed by atoms with E-state index >= 15 is 0 Å². The number of anilines is 1. The van der Waals surface area contributed by atoms with Gasteiger partial charge in [-0.25, -0.2) is 4.98 Å². The van der Waals surface area contributed by atoms with Crippen molar-refractivity contribution in [1.82, 2.24) is 9.55 Å². The summed E-state index contributed by atoms with van der Waals surface area (Å²) in [4.78, 5) is 4.08. The highest BCUT2D eigenvalue weighted by molar-refractivity contribution is 9.10. The van der Waals surface area contributed by atoms with Crippen LogP contribution in [0.2, 0.25) is 0 Å². The number of rotatable bonds is 4. The van der Waals surface area contributed by atoms with Crippen LogP contribution in [0.15, 0.2) is 35.1 Å². The van der Waals surface area contributed by atoms with Gasteiger partial charge in [0.25, 0.3) is 0 Å². The fourth-order valence-electron chi connectivity index (χ4n) is 1.79. The summed E-state index contributed by atoms with van der Waals surface area (Å²) in [5, 5.41) is 3.00. The van der Waals surface area contributed by atoms with Gasteiger partial charge in [0.2, 0.25) is 0 Å². The molecule has 2 rings (SSSR count). The Morgan fingerprint density at radius 2 is 2.10 bits per heavy atom. The Morgan fingerprint density at radius 1 is 1.35 bits per heavy atom. The van der Waals surface area contributed by atoms with E-state index in [1.165, 1.54) is 6.07 Å². The molecule has 0 radical (unpaired) electrons. The lowest BCUT2D eigenvalue weighted by molar-refractivity contribution is -0.137. The average molecular weight is 348 g/mol. The lowest BCUT2D eigenvalue weighted by atomic mass is 10.2. The third-order valence-electron chi connectivity index (χ3n) is 2.89. The molecule has 20 heavy (non-hydrogen) atoms. The van der Waals surface area contributed by atoms with Gasteiger partial charge in [0, 0.05) is 35.6 Å². The van der Waals surface area contributed by atoms with Gasteiger partial charge < -0.3 is 9.88 Å². The predicted molar refractivity (Wildman–Crippen MR) is 74.6 cm³/mol. The molecule has 1 N–H and O–H groups in total. The van der Waals surface area contributed by atoms with Gasteiger partial charge in [-0.3, -0.25) is 0 Å². The number of nitrogens with zero attached hydrogens (tertiary/aromatic N) is 2. The van der Waals surface area contributed by atoms with Gasteiger partial charge in [-0.15, -0.1) is 0 Å². The first-order chi connectivity index (χ1) is 9.38. The number of hydrogen-bond donors (Lipinski definition) is 1. The van der Waals surface area contributed by atoms with Crippen molar-refractivity contribution in [3.63, 3.8) is 0 Å². The molecular formula is C13H13BrF3N3. The van der Waals surface area contributed by atoms with Crippen LogP contribution in [-0.4, -0.2) is 16.1 Å². The molecule has 0 aliphatic heterocycles. The summed E-state index contributed by atoms with van der Waals surface area (Å²) >= 11 is 3.24. The maximum atomic E-state index is 12.6. The molecule has 2 aromatic rings. The molecule has 1 aromatic carbocycles. The first-order valence-electron chi connectivity index (χ1n) is 5.96. The minimum Gasteiger partial charge on any atom is -0.382 e. The lowest BCUT2D eigenvalue weighted by Gasteiger charge is -2.13. The number of aryl methyl sites for hydroxylation is 1. The van der Waals surface area contributed by atoms with Crippen molar-refractivity contribution in [1.29, 1.82) is 0 Å². The minimum atomic E-state index is -4.34. The van der Waals surface area contributed by atoms with Gasteiger partial charge in [0.05, 0.1) is 5.56 Å². The zero-order valence-electron chi connectivity index (χ0n) is 10.7. The molecule has 0 amide bonds. The van der Waals surface area contributed by atoms with E-state index in [0.29, 0.717) is 23.2 Å². The zero-order chi connectivity index (χ0) is 14.8. The molecule has 0 aliphatic carbocycles. The van der Waals surface area contributed by atoms with Crippen molar-refractivity contribution in [3.05, 3.63) is 46.5 Å². The van der Waals surface area contributed by atoms with Crippen molar-refractivity contribution in [2.24, 2.45) is 0 Å². The van der Waals surface area contributed by atoms with Crippen molar-refractivity contribution in [2.45, 2.75) is 19.6 Å². The Hall–Kier alpha value is -1.50. The summed E-state index contributed by atoms with van der Waals surface area (Å²) in [7, 11) is 0. The molecule has 0 saturated carbocycles. The topological polar surface area (TPSA) is 29.9 Å². The van der Waals surface area contributed by atoms with Crippen LogP contribution in [0.5, 0.6) is 0 Å². The van der Waals surface area contributed by atoms with E-state index in [0.717, 1.165) is 18.0 Å². The normalized spacial score (nSPS) is 11.7. The molecule has 0 bridgehead atoms. The Morgan fingerprint density at radius 3 is 2.70 bits per heavy atom. The Bertz CT molecular complexity index is 593. The SMILES string of the molecule is Cc1nccn1CCNc1cc(C(F)(F)F)ccc1Br. The van der Waals surface area contributed by atoms with Gasteiger partial charge in [-0.1, -0.05) is 0 Å². The molecule has 3 nitrogen and oxygen atoms in total. The van der Waals surface area contributed by atoms with Crippen LogP contribution in [0.3, 0.4) is 0 Å². The maximum absolute atomic E-state index is 12.6. The van der Waals surface area contributed by atoms with Crippen LogP contribution in [-0.2, 0) is 12.7 Å². The predicted octanol–water partition coefficient (Wildman–Crippen LogP) is 4.08. The number of imidazole rings is 1. The quantitative estimate of drug-likeness (QED) is 0.902. The van der Waals surface area contributed by atoms with Crippen LogP contribution in [0.4, 0.5) is 18.9 Å². The Kier molecular flexibility index (Phi) is 4.37. The summed E-state index contributed by atoms with van der Waals surface area (Å²) in [6, 6.07) is 3.55. The molecule has 1 aromatic heterocycles. The summed E-state index contributed by atoms with van der Waals surface area (Å²) in [6.07, 6.45) is -0.814. The molecule has 0 unspecified atom stereocenters. The monoisotopic (exact) mass is 347 g/mol. The molecule has 0 fully saturated rings. The number of alkyl halides is 3. The molecule has 108 valence electrons. The molecule has 0 atom stereocenters. The molecule has 1 heterocycles. The van der Waals surface area contributed by atoms with Crippen LogP contribution in [0, 0.1) is 6.92 Å². The first kappa shape index (κ1) is 14.9. The minimum absolute atomic E-state index is 0.428. The summed E-state index contributed by atoms with van der Waals surface area (Å²) in [6.45, 7) is 3.02. The highest BCUT2D eigenvalue weighted by Crippen LogP contribution is 2.33. The van der Waals surface area contributed by atoms with Gasteiger partial charge in [-0.05, 0) is 41.1 Å². The Labute approximate surface area is 123 Å². The van der Waals surface area contributed by atoms with E-state index in [2.05, 4.69) is 26.2 Å². The second kappa shape index (κ2) is 5.87. The highest BCUT2D eigenvalue weighted by Gasteiger charge is 2.30. The number of benzene rings is 1. The average Bonchev–Trinajstić information content (AvgIpc) is 2.76. The van der Waals surface area contributed by atoms with E-state index in [9.17, 15) is 13.2 Å². The third kappa shape index (κ3) is 3.53. The second-order valence-electron chi connectivity index (χ2n) is 4.29. The van der Waals surface area contributed by atoms with E-state index in [1.807, 2.05) is 17.7 Å². The van der Waals surface area contributed by atoms with Gasteiger partial charge in [-0.2, -0.15) is 13.2 Å². The fraction of sp³-hybridized carbons (Fsp3) is 0.308. The summed E-state index contributed by atoms with van der Waals surface area (Å²) in [5.74, 6) is 0.870. The third-order valence-corrected chi connectivity index (χ3v) is 3.58. The molecule has 7 heteroatoms. The standard InChI is InChI=1S/C13H13BrF3N3/c1-9-18-4-6-20(9)7-5-19-12-8-10(13(15,16)17)2-3-11(12)14/h2-4,6,8,19H,5,7H2,1H3. The van der Waals surface area contributed by atoms with Crippen LogP contribution in [0.1, 0.15) is 11.4 Å². The molecule has 0 aliphatic rings. The van der Waals surface area contributed by atoms with Crippen molar-refractivity contribution in [3.8, 4) is 0 Å². The molecule has 0 saturated heterocycles. The number of nitrogens with one attached hydrogen (secondary N) is 1. The molecule has 0 spiro atoms. The van der Waals surface area contributed by atoms with E-state index in [1.54, 1.807) is 6.20 Å². The van der Waals surface area contributed by atoms with E-state index in [4.69, 9.17) is 0 Å². The number of hydrogen-bond acceptors (Lipinski definition) is 2. The van der Waals surface area contributed by atoms with E-state index in [-0.39, 0.29) is 0 Å². The molecular weight excluding hydrogens is 335 g/mol. The first-order valence-corrected chi connectivity index (χ1v) is 6.75. The van der Waals surface area contributed by atoms with Crippen LogP contribution < -0.4 is 5.32 Å². The Balaban J connectivity index is 2.04.